The molecule has 0 amide bonds. The van der Waals surface area contributed by atoms with E-state index < -0.39 is 7.29 Å². The Labute approximate surface area is 152 Å². The normalized spacial score (nSPS) is 11.8. The molecule has 0 aliphatic heterocycles. The predicted octanol–water partition coefficient (Wildman–Crippen LogP) is 4.58. The molecule has 1 aromatic heterocycles. The SMILES string of the molecule is O=P(/N=C/c1cnc2ccccc2c1)(c1ccccc1)c1ccccc1. The average Bonchev–Trinajstić information content (AvgIpc) is 2.73. The van der Waals surface area contributed by atoms with Gasteiger partial charge in [0.25, 0.3) is 0 Å². The smallest absolute Gasteiger partial charge is 0.247 e. The van der Waals surface area contributed by atoms with Crippen LogP contribution in [-0.2, 0) is 4.57 Å². The third kappa shape index (κ3) is 3.22. The molecule has 0 saturated heterocycles. The van der Waals surface area contributed by atoms with Gasteiger partial charge in [0.2, 0.25) is 7.29 Å². The maximum Gasteiger partial charge on any atom is 0.247 e. The van der Waals surface area contributed by atoms with Gasteiger partial charge in [0.1, 0.15) is 0 Å². The lowest BCUT2D eigenvalue weighted by molar-refractivity contribution is 0.588. The molecular formula is C22H17N2OP. The summed E-state index contributed by atoms with van der Waals surface area (Å²) in [5.74, 6) is 0. The highest BCUT2D eigenvalue weighted by molar-refractivity contribution is 7.77. The maximum absolute atomic E-state index is 13.8. The number of aromatic nitrogens is 1. The van der Waals surface area contributed by atoms with Crippen molar-refractivity contribution >= 4 is 35.0 Å². The molecule has 0 aliphatic rings. The quantitative estimate of drug-likeness (QED) is 0.397. The Kier molecular flexibility index (Phi) is 4.47. The fourth-order valence-electron chi connectivity index (χ4n) is 2.85. The van der Waals surface area contributed by atoms with Gasteiger partial charge in [0.15, 0.2) is 0 Å². The van der Waals surface area contributed by atoms with E-state index in [-0.39, 0.29) is 0 Å². The molecule has 3 nitrogen and oxygen atoms in total. The van der Waals surface area contributed by atoms with Gasteiger partial charge < -0.3 is 0 Å². The lowest BCUT2D eigenvalue weighted by atomic mass is 10.2. The number of fused-ring (bicyclic) bond motifs is 1. The van der Waals surface area contributed by atoms with Crippen LogP contribution in [0.15, 0.2) is 102 Å². The predicted molar refractivity (Wildman–Crippen MR) is 109 cm³/mol. The molecule has 0 unspecified atom stereocenters. The summed E-state index contributed by atoms with van der Waals surface area (Å²) < 4.78 is 18.4. The number of pyridine rings is 1. The van der Waals surface area contributed by atoms with Crippen LogP contribution >= 0.6 is 7.29 Å². The van der Waals surface area contributed by atoms with E-state index in [0.717, 1.165) is 27.1 Å². The van der Waals surface area contributed by atoms with Crippen molar-refractivity contribution in [3.05, 3.63) is 103 Å². The van der Waals surface area contributed by atoms with Crippen LogP contribution in [-0.4, -0.2) is 11.2 Å². The van der Waals surface area contributed by atoms with Crippen molar-refractivity contribution < 1.29 is 4.57 Å². The van der Waals surface area contributed by atoms with Gasteiger partial charge >= 0.3 is 0 Å². The van der Waals surface area contributed by atoms with Gasteiger partial charge in [-0.2, -0.15) is 0 Å². The molecule has 4 heteroatoms. The van der Waals surface area contributed by atoms with Crippen molar-refractivity contribution in [3.8, 4) is 0 Å². The van der Waals surface area contributed by atoms with Gasteiger partial charge in [-0.15, -0.1) is 0 Å². The zero-order valence-electron chi connectivity index (χ0n) is 14.1. The van der Waals surface area contributed by atoms with Crippen LogP contribution in [0.5, 0.6) is 0 Å². The summed E-state index contributed by atoms with van der Waals surface area (Å²) >= 11 is 0. The van der Waals surface area contributed by atoms with Crippen LogP contribution < -0.4 is 10.6 Å². The molecule has 1 heterocycles. The van der Waals surface area contributed by atoms with Crippen molar-refractivity contribution in [1.29, 1.82) is 0 Å². The van der Waals surface area contributed by atoms with Crippen LogP contribution in [0, 0.1) is 0 Å². The molecule has 4 rings (SSSR count). The van der Waals surface area contributed by atoms with Crippen LogP contribution in [0.25, 0.3) is 10.9 Å². The minimum atomic E-state index is -3.11. The summed E-state index contributed by atoms with van der Waals surface area (Å²) in [6, 6.07) is 28.7. The number of hydrogen-bond donors (Lipinski definition) is 0. The lowest BCUT2D eigenvalue weighted by Gasteiger charge is -2.14. The maximum atomic E-state index is 13.8. The largest absolute Gasteiger partial charge is 0.288 e. The third-order valence-electron chi connectivity index (χ3n) is 4.19. The number of nitrogens with zero attached hydrogens (tertiary/aromatic N) is 2. The molecule has 0 bridgehead atoms. The van der Waals surface area contributed by atoms with E-state index in [0.29, 0.717) is 0 Å². The molecule has 0 atom stereocenters. The van der Waals surface area contributed by atoms with Crippen LogP contribution in [0.3, 0.4) is 0 Å². The molecule has 0 radical (unpaired) electrons. The lowest BCUT2D eigenvalue weighted by Crippen LogP contribution is -2.14. The van der Waals surface area contributed by atoms with Gasteiger partial charge in [-0.1, -0.05) is 54.6 Å². The van der Waals surface area contributed by atoms with E-state index in [1.165, 1.54) is 0 Å². The van der Waals surface area contributed by atoms with Crippen molar-refractivity contribution in [1.82, 2.24) is 4.98 Å². The Bertz CT molecular complexity index is 1070. The zero-order valence-corrected chi connectivity index (χ0v) is 15.0. The minimum absolute atomic E-state index is 0.719. The summed E-state index contributed by atoms with van der Waals surface area (Å²) in [6.07, 6.45) is 3.42. The number of hydrogen-bond acceptors (Lipinski definition) is 2. The second kappa shape index (κ2) is 7.07. The van der Waals surface area contributed by atoms with E-state index in [9.17, 15) is 4.57 Å². The highest BCUT2D eigenvalue weighted by atomic mass is 31.2. The van der Waals surface area contributed by atoms with Gasteiger partial charge in [-0.25, -0.2) is 4.76 Å². The van der Waals surface area contributed by atoms with Crippen molar-refractivity contribution in [2.75, 3.05) is 0 Å². The summed E-state index contributed by atoms with van der Waals surface area (Å²) in [5, 5.41) is 2.47. The van der Waals surface area contributed by atoms with Gasteiger partial charge in [-0.3, -0.25) is 9.55 Å². The van der Waals surface area contributed by atoms with E-state index in [4.69, 9.17) is 0 Å². The summed E-state index contributed by atoms with van der Waals surface area (Å²) in [7, 11) is -3.11. The molecule has 4 aromatic rings. The molecule has 0 fully saturated rings. The Morgan fingerprint density at radius 1 is 0.769 bits per heavy atom. The fourth-order valence-corrected chi connectivity index (χ4v) is 4.86. The molecule has 3 aromatic carbocycles. The second-order valence-electron chi connectivity index (χ2n) is 5.95. The van der Waals surface area contributed by atoms with E-state index in [1.807, 2.05) is 91.0 Å². The van der Waals surface area contributed by atoms with Crippen molar-refractivity contribution in [2.24, 2.45) is 4.76 Å². The topological polar surface area (TPSA) is 42.3 Å². The average molecular weight is 356 g/mol. The zero-order chi connectivity index (χ0) is 17.8. The summed E-state index contributed by atoms with van der Waals surface area (Å²) in [6.45, 7) is 0. The van der Waals surface area contributed by atoms with E-state index >= 15 is 0 Å². The Hall–Kier alpha value is -3.03. The van der Waals surface area contributed by atoms with Gasteiger partial charge in [0, 0.05) is 34.0 Å². The minimum Gasteiger partial charge on any atom is -0.288 e. The molecule has 0 spiro atoms. The van der Waals surface area contributed by atoms with Crippen LogP contribution in [0.4, 0.5) is 0 Å². The van der Waals surface area contributed by atoms with Gasteiger partial charge in [0.05, 0.1) is 5.52 Å². The molecule has 0 N–H and O–H groups in total. The molecular weight excluding hydrogens is 339 g/mol. The van der Waals surface area contributed by atoms with E-state index in [1.54, 1.807) is 12.4 Å². The van der Waals surface area contributed by atoms with Gasteiger partial charge in [-0.05, 0) is 36.4 Å². The standard InChI is InChI=1S/C22H17N2OP/c25-26(20-10-3-1-4-11-20,21-12-5-2-6-13-21)24-17-18-15-19-9-7-8-14-22(19)23-16-18/h1-17H/b24-17+. The molecule has 0 aliphatic carbocycles. The molecule has 0 saturated carbocycles. The third-order valence-corrected chi connectivity index (χ3v) is 6.63. The Morgan fingerprint density at radius 3 is 2.00 bits per heavy atom. The number of para-hydroxylation sites is 1. The molecule has 26 heavy (non-hydrogen) atoms. The first kappa shape index (κ1) is 16.4. The first-order chi connectivity index (χ1) is 12.8. The monoisotopic (exact) mass is 356 g/mol. The Morgan fingerprint density at radius 2 is 1.35 bits per heavy atom. The summed E-state index contributed by atoms with van der Waals surface area (Å²) in [4.78, 5) is 4.45. The van der Waals surface area contributed by atoms with Crippen molar-refractivity contribution in [3.63, 3.8) is 0 Å². The van der Waals surface area contributed by atoms with Crippen LogP contribution in [0.1, 0.15) is 5.56 Å². The Balaban J connectivity index is 1.79. The van der Waals surface area contributed by atoms with Crippen LogP contribution in [0.2, 0.25) is 0 Å². The molecule has 126 valence electrons. The van der Waals surface area contributed by atoms with E-state index in [2.05, 4.69) is 9.75 Å². The fraction of sp³-hybridized carbons (Fsp3) is 0. The number of benzene rings is 3. The number of rotatable bonds is 4. The van der Waals surface area contributed by atoms with Crippen molar-refractivity contribution in [2.45, 2.75) is 0 Å². The summed E-state index contributed by atoms with van der Waals surface area (Å²) in [5.41, 5.74) is 1.76. The first-order valence-electron chi connectivity index (χ1n) is 8.37. The second-order valence-corrected chi connectivity index (χ2v) is 8.37. The first-order valence-corrected chi connectivity index (χ1v) is 10.0. The highest BCUT2D eigenvalue weighted by Gasteiger charge is 2.25. The highest BCUT2D eigenvalue weighted by Crippen LogP contribution is 2.44.